The van der Waals surface area contributed by atoms with Gasteiger partial charge in [-0.15, -0.1) is 10.2 Å². The van der Waals surface area contributed by atoms with Gasteiger partial charge in [-0.2, -0.15) is 0 Å². The zero-order chi connectivity index (χ0) is 18.7. The van der Waals surface area contributed by atoms with Gasteiger partial charge >= 0.3 is 0 Å². The van der Waals surface area contributed by atoms with Crippen molar-refractivity contribution in [3.63, 3.8) is 0 Å². The van der Waals surface area contributed by atoms with E-state index in [0.717, 1.165) is 17.3 Å². The van der Waals surface area contributed by atoms with E-state index in [-0.39, 0.29) is 17.5 Å². The quantitative estimate of drug-likeness (QED) is 0.513. The van der Waals surface area contributed by atoms with Gasteiger partial charge in [-0.1, -0.05) is 41.6 Å². The predicted octanol–water partition coefficient (Wildman–Crippen LogP) is 3.49. The highest BCUT2D eigenvalue weighted by atomic mass is 35.5. The van der Waals surface area contributed by atoms with Crippen molar-refractivity contribution in [2.24, 2.45) is 0 Å². The minimum atomic E-state index is -0.372. The maximum Gasteiger partial charge on any atom is 0.234 e. The molecule has 0 radical (unpaired) electrons. The van der Waals surface area contributed by atoms with E-state index in [4.69, 9.17) is 17.4 Å². The summed E-state index contributed by atoms with van der Waals surface area (Å²) in [4.78, 5) is 12.0. The number of aromatic nitrogens is 3. The molecule has 0 unspecified atom stereocenters. The molecule has 6 nitrogen and oxygen atoms in total. The van der Waals surface area contributed by atoms with Crippen molar-refractivity contribution in [2.45, 2.75) is 12.1 Å². The van der Waals surface area contributed by atoms with Gasteiger partial charge in [0.05, 0.1) is 5.75 Å². The Morgan fingerprint density at radius 1 is 1.31 bits per heavy atom. The number of amides is 1. The van der Waals surface area contributed by atoms with E-state index in [2.05, 4.69) is 15.5 Å². The smallest absolute Gasteiger partial charge is 0.234 e. The van der Waals surface area contributed by atoms with Crippen LogP contribution in [0.4, 0.5) is 10.1 Å². The van der Waals surface area contributed by atoms with E-state index < -0.39 is 0 Å². The van der Waals surface area contributed by atoms with Gasteiger partial charge in [-0.25, -0.2) is 9.07 Å². The van der Waals surface area contributed by atoms with Crippen LogP contribution in [0.2, 0.25) is 5.02 Å². The fourth-order valence-corrected chi connectivity index (χ4v) is 3.04. The number of halogens is 2. The fourth-order valence-electron chi connectivity index (χ4n) is 2.20. The van der Waals surface area contributed by atoms with Crippen LogP contribution in [0.15, 0.2) is 47.6 Å². The minimum Gasteiger partial charge on any atom is -0.335 e. The summed E-state index contributed by atoms with van der Waals surface area (Å²) in [6.07, 6.45) is 0. The Labute approximate surface area is 158 Å². The van der Waals surface area contributed by atoms with Crippen molar-refractivity contribution in [2.75, 3.05) is 16.9 Å². The Hall–Kier alpha value is -2.58. The fraction of sp³-hybridized carbons (Fsp3) is 0.118. The highest BCUT2D eigenvalue weighted by Crippen LogP contribution is 2.24. The number of benzene rings is 2. The molecule has 3 rings (SSSR count). The molecule has 3 aromatic rings. The first kappa shape index (κ1) is 18.2. The van der Waals surface area contributed by atoms with Crippen LogP contribution in [0, 0.1) is 12.7 Å². The molecule has 9 heteroatoms. The molecule has 1 amide bonds. The lowest BCUT2D eigenvalue weighted by atomic mass is 10.2. The van der Waals surface area contributed by atoms with E-state index in [1.54, 1.807) is 37.3 Å². The summed E-state index contributed by atoms with van der Waals surface area (Å²) < 4.78 is 14.8. The zero-order valence-electron chi connectivity index (χ0n) is 13.7. The molecule has 0 aliphatic carbocycles. The van der Waals surface area contributed by atoms with E-state index >= 15 is 0 Å². The van der Waals surface area contributed by atoms with Crippen LogP contribution in [0.25, 0.3) is 11.4 Å². The molecule has 0 fully saturated rings. The van der Waals surface area contributed by atoms with Gasteiger partial charge < -0.3 is 11.2 Å². The van der Waals surface area contributed by atoms with Crippen LogP contribution in [-0.4, -0.2) is 26.5 Å². The van der Waals surface area contributed by atoms with Gasteiger partial charge in [0.15, 0.2) is 5.82 Å². The topological polar surface area (TPSA) is 85.8 Å². The normalized spacial score (nSPS) is 10.7. The number of aryl methyl sites for hydroxylation is 1. The monoisotopic (exact) mass is 391 g/mol. The average Bonchev–Trinajstić information content (AvgIpc) is 2.97. The van der Waals surface area contributed by atoms with Crippen LogP contribution in [-0.2, 0) is 4.79 Å². The van der Waals surface area contributed by atoms with Crippen molar-refractivity contribution in [1.82, 2.24) is 14.9 Å². The molecule has 3 N–H and O–H groups in total. The Bertz CT molecular complexity index is 962. The largest absolute Gasteiger partial charge is 0.335 e. The maximum atomic E-state index is 13.5. The van der Waals surface area contributed by atoms with E-state index in [9.17, 15) is 9.18 Å². The molecule has 0 bridgehead atoms. The molecular weight excluding hydrogens is 377 g/mol. The lowest BCUT2D eigenvalue weighted by Gasteiger charge is -2.06. The molecule has 1 aromatic heterocycles. The number of nitrogen functional groups attached to an aromatic ring is 1. The summed E-state index contributed by atoms with van der Waals surface area (Å²) in [5.41, 5.74) is 1.63. The molecular formula is C17H15ClFN5OS. The summed E-state index contributed by atoms with van der Waals surface area (Å²) in [7, 11) is 0. The Kier molecular flexibility index (Phi) is 5.43. The van der Waals surface area contributed by atoms with Crippen LogP contribution >= 0.6 is 23.4 Å². The van der Waals surface area contributed by atoms with Crippen LogP contribution in [0.5, 0.6) is 0 Å². The molecule has 0 aliphatic heterocycles. The number of nitrogens with zero attached hydrogens (tertiary/aromatic N) is 3. The molecule has 0 saturated carbocycles. The first-order valence-corrected chi connectivity index (χ1v) is 8.95. The molecule has 1 heterocycles. The van der Waals surface area contributed by atoms with Gasteiger partial charge in [-0.3, -0.25) is 4.79 Å². The Morgan fingerprint density at radius 2 is 2.12 bits per heavy atom. The first-order valence-electron chi connectivity index (χ1n) is 7.59. The lowest BCUT2D eigenvalue weighted by molar-refractivity contribution is -0.113. The minimum absolute atomic E-state index is 0.0559. The Balaban J connectivity index is 1.64. The number of anilines is 1. The van der Waals surface area contributed by atoms with Crippen LogP contribution in [0.3, 0.4) is 0 Å². The third kappa shape index (κ3) is 4.14. The Morgan fingerprint density at radius 3 is 2.85 bits per heavy atom. The number of rotatable bonds is 5. The molecule has 0 saturated heterocycles. The zero-order valence-corrected chi connectivity index (χ0v) is 15.3. The van der Waals surface area contributed by atoms with Gasteiger partial charge in [-0.05, 0) is 36.8 Å². The number of hydrogen-bond donors (Lipinski definition) is 2. The second kappa shape index (κ2) is 7.76. The first-order chi connectivity index (χ1) is 12.4. The third-order valence-corrected chi connectivity index (χ3v) is 4.71. The summed E-state index contributed by atoms with van der Waals surface area (Å²) in [6.45, 7) is 1.66. The lowest BCUT2D eigenvalue weighted by Crippen LogP contribution is -2.16. The predicted molar refractivity (Wildman–Crippen MR) is 101 cm³/mol. The summed E-state index contributed by atoms with van der Waals surface area (Å²) in [5.74, 6) is 5.83. The van der Waals surface area contributed by atoms with Gasteiger partial charge in [0.1, 0.15) is 5.82 Å². The van der Waals surface area contributed by atoms with E-state index in [1.165, 1.54) is 10.7 Å². The number of carbonyl (C=O) groups is 1. The van der Waals surface area contributed by atoms with Gasteiger partial charge in [0.25, 0.3) is 0 Å². The summed E-state index contributed by atoms with van der Waals surface area (Å²) in [6, 6.07) is 11.6. The van der Waals surface area contributed by atoms with Crippen LogP contribution < -0.4 is 11.2 Å². The van der Waals surface area contributed by atoms with Crippen molar-refractivity contribution >= 4 is 35.0 Å². The van der Waals surface area contributed by atoms with E-state index in [0.29, 0.717) is 27.3 Å². The second-order valence-electron chi connectivity index (χ2n) is 5.49. The van der Waals surface area contributed by atoms with Gasteiger partial charge in [0.2, 0.25) is 11.1 Å². The number of carbonyl (C=O) groups excluding carboxylic acids is 1. The molecule has 2 aromatic carbocycles. The number of nitrogens with two attached hydrogens (primary N) is 1. The summed E-state index contributed by atoms with van der Waals surface area (Å²) >= 11 is 7.10. The van der Waals surface area contributed by atoms with E-state index in [1.807, 2.05) is 6.07 Å². The molecule has 0 aliphatic rings. The highest BCUT2D eigenvalue weighted by Gasteiger charge is 2.14. The molecule has 26 heavy (non-hydrogen) atoms. The van der Waals surface area contributed by atoms with Crippen molar-refractivity contribution in [1.29, 1.82) is 0 Å². The maximum absolute atomic E-state index is 13.5. The number of nitrogens with one attached hydrogen (secondary N) is 1. The molecule has 0 spiro atoms. The number of thioether (sulfide) groups is 1. The standard InChI is InChI=1S/C17H15ClFN5OS/c1-10-5-6-13(8-14(10)19)21-15(25)9-26-17-23-22-16(24(17)20)11-3-2-4-12(18)7-11/h2-8H,9,20H2,1H3,(H,21,25). The van der Waals surface area contributed by atoms with Crippen molar-refractivity contribution < 1.29 is 9.18 Å². The number of hydrogen-bond acceptors (Lipinski definition) is 5. The highest BCUT2D eigenvalue weighted by molar-refractivity contribution is 7.99. The van der Waals surface area contributed by atoms with Gasteiger partial charge in [0, 0.05) is 16.3 Å². The second-order valence-corrected chi connectivity index (χ2v) is 6.87. The van der Waals surface area contributed by atoms with Crippen molar-refractivity contribution in [3.8, 4) is 11.4 Å². The third-order valence-electron chi connectivity index (χ3n) is 3.54. The van der Waals surface area contributed by atoms with Crippen molar-refractivity contribution in [3.05, 3.63) is 58.9 Å². The molecule has 134 valence electrons. The SMILES string of the molecule is Cc1ccc(NC(=O)CSc2nnc(-c3cccc(Cl)c3)n2N)cc1F. The average molecular weight is 392 g/mol. The molecule has 0 atom stereocenters. The summed E-state index contributed by atoms with van der Waals surface area (Å²) in [5, 5.41) is 11.6. The van der Waals surface area contributed by atoms with Crippen LogP contribution in [0.1, 0.15) is 5.56 Å².